The number of rotatable bonds is 6. The lowest BCUT2D eigenvalue weighted by molar-refractivity contribution is 0.300. The molecule has 0 fully saturated rings. The molecule has 2 aromatic rings. The minimum absolute atomic E-state index is 0.418. The molecule has 21 heavy (non-hydrogen) atoms. The molecule has 0 spiro atoms. The quantitative estimate of drug-likeness (QED) is 0.846. The zero-order valence-corrected chi connectivity index (χ0v) is 14.2. The van der Waals surface area contributed by atoms with Crippen LogP contribution in [0.2, 0.25) is 0 Å². The van der Waals surface area contributed by atoms with E-state index in [4.69, 9.17) is 4.74 Å². The first-order valence-electron chi connectivity index (χ1n) is 7.04. The van der Waals surface area contributed by atoms with Crippen LogP contribution in [-0.2, 0) is 6.61 Å². The second-order valence-corrected chi connectivity index (χ2v) is 5.77. The second kappa shape index (κ2) is 7.41. The van der Waals surface area contributed by atoms with Crippen molar-refractivity contribution in [1.29, 1.82) is 0 Å². The van der Waals surface area contributed by atoms with Gasteiger partial charge in [-0.1, -0.05) is 22.9 Å². The first-order chi connectivity index (χ1) is 10.1. The number of hydrogen-bond acceptors (Lipinski definition) is 4. The van der Waals surface area contributed by atoms with Gasteiger partial charge in [-0.2, -0.15) is 0 Å². The lowest BCUT2D eigenvalue weighted by Gasteiger charge is -2.10. The maximum atomic E-state index is 5.79. The molecular weight excluding hydrogens is 330 g/mol. The molecule has 2 rings (SSSR count). The van der Waals surface area contributed by atoms with Crippen molar-refractivity contribution in [2.24, 2.45) is 0 Å². The molecule has 0 radical (unpaired) electrons. The van der Waals surface area contributed by atoms with E-state index in [0.29, 0.717) is 6.61 Å². The third-order valence-electron chi connectivity index (χ3n) is 3.06. The minimum Gasteiger partial charge on any atom is -0.487 e. The summed E-state index contributed by atoms with van der Waals surface area (Å²) in [6.45, 7) is 7.55. The van der Waals surface area contributed by atoms with Crippen molar-refractivity contribution in [3.05, 3.63) is 45.8 Å². The van der Waals surface area contributed by atoms with Gasteiger partial charge in [0, 0.05) is 11.0 Å². The van der Waals surface area contributed by atoms with Crippen LogP contribution < -0.4 is 10.1 Å². The Bertz CT molecular complexity index is 576. The van der Waals surface area contributed by atoms with Crippen LogP contribution in [-0.4, -0.2) is 16.5 Å². The van der Waals surface area contributed by atoms with E-state index < -0.39 is 0 Å². The van der Waals surface area contributed by atoms with Gasteiger partial charge in [-0.05, 0) is 43.5 Å². The first kappa shape index (κ1) is 15.8. The van der Waals surface area contributed by atoms with Crippen molar-refractivity contribution in [2.45, 2.75) is 33.8 Å². The highest BCUT2D eigenvalue weighted by Crippen LogP contribution is 2.26. The SMILES string of the molecule is CCCNc1cnc(COc2cc(C)c(Br)c(C)c2)cn1. The number of benzene rings is 1. The fourth-order valence-corrected chi connectivity index (χ4v) is 2.15. The fourth-order valence-electron chi connectivity index (χ4n) is 1.92. The Morgan fingerprint density at radius 2 is 1.86 bits per heavy atom. The zero-order valence-electron chi connectivity index (χ0n) is 12.6. The molecule has 0 aliphatic carbocycles. The highest BCUT2D eigenvalue weighted by atomic mass is 79.9. The molecule has 4 nitrogen and oxygen atoms in total. The van der Waals surface area contributed by atoms with Crippen molar-refractivity contribution < 1.29 is 4.74 Å². The molecule has 0 aliphatic rings. The Balaban J connectivity index is 1.96. The fraction of sp³-hybridized carbons (Fsp3) is 0.375. The summed E-state index contributed by atoms with van der Waals surface area (Å²) in [5, 5.41) is 3.20. The number of ether oxygens (including phenoxy) is 1. The van der Waals surface area contributed by atoms with E-state index in [1.54, 1.807) is 12.4 Å². The van der Waals surface area contributed by atoms with E-state index in [1.807, 2.05) is 12.1 Å². The molecular formula is C16H20BrN3O. The Hall–Kier alpha value is -1.62. The molecule has 5 heteroatoms. The summed E-state index contributed by atoms with van der Waals surface area (Å²) in [7, 11) is 0. The molecule has 0 bridgehead atoms. The predicted molar refractivity (Wildman–Crippen MR) is 88.8 cm³/mol. The van der Waals surface area contributed by atoms with Crippen LogP contribution in [0.4, 0.5) is 5.82 Å². The first-order valence-corrected chi connectivity index (χ1v) is 7.83. The van der Waals surface area contributed by atoms with Crippen LogP contribution in [0.15, 0.2) is 29.0 Å². The smallest absolute Gasteiger partial charge is 0.144 e. The molecule has 0 atom stereocenters. The van der Waals surface area contributed by atoms with Crippen LogP contribution in [0, 0.1) is 13.8 Å². The van der Waals surface area contributed by atoms with E-state index in [-0.39, 0.29) is 0 Å². The van der Waals surface area contributed by atoms with Crippen molar-refractivity contribution in [2.75, 3.05) is 11.9 Å². The standard InChI is InChI=1S/C16H20BrN3O/c1-4-5-18-15-9-19-13(8-20-15)10-21-14-6-11(2)16(17)12(3)7-14/h6-9H,4-5,10H2,1-3H3,(H,18,20). The Morgan fingerprint density at radius 1 is 1.14 bits per heavy atom. The largest absolute Gasteiger partial charge is 0.487 e. The van der Waals surface area contributed by atoms with E-state index in [1.165, 1.54) is 0 Å². The van der Waals surface area contributed by atoms with Crippen LogP contribution >= 0.6 is 15.9 Å². The number of anilines is 1. The van der Waals surface area contributed by atoms with Gasteiger partial charge in [0.25, 0.3) is 0 Å². The van der Waals surface area contributed by atoms with E-state index in [0.717, 1.165) is 45.8 Å². The topological polar surface area (TPSA) is 47.0 Å². The Morgan fingerprint density at radius 3 is 2.43 bits per heavy atom. The van der Waals surface area contributed by atoms with Crippen molar-refractivity contribution in [3.63, 3.8) is 0 Å². The summed E-state index contributed by atoms with van der Waals surface area (Å²) in [6.07, 6.45) is 4.55. The van der Waals surface area contributed by atoms with Gasteiger partial charge in [-0.25, -0.2) is 4.98 Å². The van der Waals surface area contributed by atoms with Gasteiger partial charge in [-0.15, -0.1) is 0 Å². The van der Waals surface area contributed by atoms with Crippen molar-refractivity contribution in [1.82, 2.24) is 9.97 Å². The zero-order chi connectivity index (χ0) is 15.2. The molecule has 1 aromatic heterocycles. The number of aromatic nitrogens is 2. The molecule has 1 heterocycles. The molecule has 1 N–H and O–H groups in total. The van der Waals surface area contributed by atoms with Crippen LogP contribution in [0.25, 0.3) is 0 Å². The monoisotopic (exact) mass is 349 g/mol. The van der Waals surface area contributed by atoms with Crippen LogP contribution in [0.1, 0.15) is 30.2 Å². The Kier molecular flexibility index (Phi) is 5.56. The average molecular weight is 350 g/mol. The highest BCUT2D eigenvalue weighted by Gasteiger charge is 2.04. The van der Waals surface area contributed by atoms with Gasteiger partial charge < -0.3 is 10.1 Å². The van der Waals surface area contributed by atoms with E-state index in [2.05, 4.69) is 52.0 Å². The number of hydrogen-bond donors (Lipinski definition) is 1. The summed E-state index contributed by atoms with van der Waals surface area (Å²) in [4.78, 5) is 8.67. The Labute approximate surface area is 134 Å². The van der Waals surface area contributed by atoms with Crippen molar-refractivity contribution in [3.8, 4) is 5.75 Å². The molecule has 0 amide bonds. The molecule has 0 saturated heterocycles. The van der Waals surface area contributed by atoms with Gasteiger partial charge >= 0.3 is 0 Å². The number of halogens is 1. The summed E-state index contributed by atoms with van der Waals surface area (Å²) < 4.78 is 6.91. The molecule has 0 unspecified atom stereocenters. The summed E-state index contributed by atoms with van der Waals surface area (Å²) >= 11 is 3.55. The number of nitrogens with one attached hydrogen (secondary N) is 1. The van der Waals surface area contributed by atoms with Gasteiger partial charge in [-0.3, -0.25) is 4.98 Å². The molecule has 112 valence electrons. The molecule has 0 saturated carbocycles. The van der Waals surface area contributed by atoms with Gasteiger partial charge in [0.15, 0.2) is 0 Å². The number of nitrogens with zero attached hydrogens (tertiary/aromatic N) is 2. The van der Waals surface area contributed by atoms with Gasteiger partial charge in [0.05, 0.1) is 18.1 Å². The highest BCUT2D eigenvalue weighted by molar-refractivity contribution is 9.10. The van der Waals surface area contributed by atoms with Crippen molar-refractivity contribution >= 4 is 21.7 Å². The van der Waals surface area contributed by atoms with E-state index >= 15 is 0 Å². The normalized spacial score (nSPS) is 10.5. The summed E-state index contributed by atoms with van der Waals surface area (Å²) in [5.74, 6) is 1.65. The predicted octanol–water partition coefficient (Wildman–Crippen LogP) is 4.26. The summed E-state index contributed by atoms with van der Waals surface area (Å²) in [6, 6.07) is 4.03. The summed E-state index contributed by atoms with van der Waals surface area (Å²) in [5.41, 5.74) is 3.14. The van der Waals surface area contributed by atoms with E-state index in [9.17, 15) is 0 Å². The van der Waals surface area contributed by atoms with Gasteiger partial charge in [0.2, 0.25) is 0 Å². The lowest BCUT2D eigenvalue weighted by Crippen LogP contribution is -2.04. The lowest BCUT2D eigenvalue weighted by atomic mass is 10.1. The van der Waals surface area contributed by atoms with Gasteiger partial charge in [0.1, 0.15) is 18.2 Å². The molecule has 0 aliphatic heterocycles. The molecule has 1 aromatic carbocycles. The second-order valence-electron chi connectivity index (χ2n) is 4.98. The minimum atomic E-state index is 0.418. The average Bonchev–Trinajstić information content (AvgIpc) is 2.49. The third kappa shape index (κ3) is 4.43. The number of aryl methyl sites for hydroxylation is 2. The maximum Gasteiger partial charge on any atom is 0.144 e. The maximum absolute atomic E-state index is 5.79. The van der Waals surface area contributed by atoms with Crippen LogP contribution in [0.3, 0.4) is 0 Å². The van der Waals surface area contributed by atoms with Crippen LogP contribution in [0.5, 0.6) is 5.75 Å². The third-order valence-corrected chi connectivity index (χ3v) is 4.31.